The Morgan fingerprint density at radius 2 is 1.76 bits per heavy atom. The Balaban J connectivity index is 2.01. The fraction of sp³-hybridized carbons (Fsp3) is 0.300. The molecule has 1 amide bonds. The maximum atomic E-state index is 12.5. The van der Waals surface area contributed by atoms with Crippen LogP contribution in [0, 0.1) is 12.8 Å². The van der Waals surface area contributed by atoms with E-state index in [2.05, 4.69) is 10.0 Å². The van der Waals surface area contributed by atoms with Crippen LogP contribution in [0.3, 0.4) is 0 Å². The van der Waals surface area contributed by atoms with Gasteiger partial charge in [0.25, 0.3) is 5.91 Å². The molecule has 1 atom stereocenters. The van der Waals surface area contributed by atoms with Gasteiger partial charge in [0, 0.05) is 10.7 Å². The van der Waals surface area contributed by atoms with Crippen molar-refractivity contribution in [3.05, 3.63) is 59.1 Å². The zero-order chi connectivity index (χ0) is 21.6. The first-order valence-corrected chi connectivity index (χ1v) is 10.8. The molecule has 2 rings (SSSR count). The fourth-order valence-electron chi connectivity index (χ4n) is 2.43. The number of esters is 1. The Bertz CT molecular complexity index is 978. The molecule has 0 saturated heterocycles. The standard InChI is InChI=1S/C20H23ClN2O5S/c1-13(2)19(23-29(26,27)16-7-5-4-6-8-16)20(25)28-12-18(24)22-17-11-15(21)10-9-14(17)3/h4-11,13,19,23H,12H2,1-3H3,(H,22,24)/t19-/m1/s1. The lowest BCUT2D eigenvalue weighted by Crippen LogP contribution is -2.45. The van der Waals surface area contributed by atoms with Crippen molar-refractivity contribution in [3.8, 4) is 0 Å². The molecule has 0 fully saturated rings. The monoisotopic (exact) mass is 438 g/mol. The molecule has 2 aromatic carbocycles. The predicted octanol–water partition coefficient (Wildman–Crippen LogP) is 3.13. The summed E-state index contributed by atoms with van der Waals surface area (Å²) in [6.07, 6.45) is 0. The summed E-state index contributed by atoms with van der Waals surface area (Å²) < 4.78 is 32.4. The summed E-state index contributed by atoms with van der Waals surface area (Å²) >= 11 is 5.91. The largest absolute Gasteiger partial charge is 0.454 e. The number of amides is 1. The number of benzene rings is 2. The van der Waals surface area contributed by atoms with Crippen molar-refractivity contribution in [1.29, 1.82) is 0 Å². The molecular formula is C20H23ClN2O5S. The lowest BCUT2D eigenvalue weighted by molar-refractivity contribution is -0.150. The summed E-state index contributed by atoms with van der Waals surface area (Å²) in [7, 11) is -3.91. The number of nitrogens with one attached hydrogen (secondary N) is 2. The van der Waals surface area contributed by atoms with Gasteiger partial charge < -0.3 is 10.1 Å². The van der Waals surface area contributed by atoms with Crippen LogP contribution in [0.15, 0.2) is 53.4 Å². The van der Waals surface area contributed by atoms with Gasteiger partial charge in [-0.1, -0.05) is 49.7 Å². The third-order valence-electron chi connectivity index (χ3n) is 4.08. The minimum Gasteiger partial charge on any atom is -0.454 e. The quantitative estimate of drug-likeness (QED) is 0.616. The fourth-order valence-corrected chi connectivity index (χ4v) is 3.96. The molecule has 2 aromatic rings. The van der Waals surface area contributed by atoms with Crippen LogP contribution in [-0.4, -0.2) is 32.9 Å². The highest BCUT2D eigenvalue weighted by atomic mass is 35.5. The topological polar surface area (TPSA) is 102 Å². The molecule has 0 aliphatic rings. The molecule has 0 unspecified atom stereocenters. The Hall–Kier alpha value is -2.42. The highest BCUT2D eigenvalue weighted by molar-refractivity contribution is 7.89. The van der Waals surface area contributed by atoms with Crippen LogP contribution >= 0.6 is 11.6 Å². The van der Waals surface area contributed by atoms with Gasteiger partial charge in [0.15, 0.2) is 6.61 Å². The van der Waals surface area contributed by atoms with Crippen molar-refractivity contribution in [3.63, 3.8) is 0 Å². The Kier molecular flexibility index (Phi) is 7.78. The molecule has 0 heterocycles. The van der Waals surface area contributed by atoms with Gasteiger partial charge in [-0.3, -0.25) is 9.59 Å². The molecule has 0 radical (unpaired) electrons. The average molecular weight is 439 g/mol. The number of hydrogen-bond donors (Lipinski definition) is 2. The van der Waals surface area contributed by atoms with Crippen molar-refractivity contribution >= 4 is 39.2 Å². The van der Waals surface area contributed by atoms with Gasteiger partial charge in [-0.2, -0.15) is 4.72 Å². The molecular weight excluding hydrogens is 416 g/mol. The van der Waals surface area contributed by atoms with Crippen molar-refractivity contribution < 1.29 is 22.7 Å². The van der Waals surface area contributed by atoms with Crippen LogP contribution in [0.2, 0.25) is 5.02 Å². The van der Waals surface area contributed by atoms with Crippen LogP contribution in [0.5, 0.6) is 0 Å². The van der Waals surface area contributed by atoms with Gasteiger partial charge in [-0.15, -0.1) is 0 Å². The molecule has 0 aliphatic carbocycles. The number of rotatable bonds is 8. The van der Waals surface area contributed by atoms with Crippen molar-refractivity contribution in [2.75, 3.05) is 11.9 Å². The zero-order valence-corrected chi connectivity index (χ0v) is 17.9. The number of aryl methyl sites for hydroxylation is 1. The molecule has 0 bridgehead atoms. The molecule has 0 saturated carbocycles. The van der Waals surface area contributed by atoms with E-state index in [4.69, 9.17) is 16.3 Å². The van der Waals surface area contributed by atoms with Gasteiger partial charge in [0.2, 0.25) is 10.0 Å². The number of anilines is 1. The number of ether oxygens (including phenoxy) is 1. The minimum absolute atomic E-state index is 0.0348. The van der Waals surface area contributed by atoms with E-state index in [1.54, 1.807) is 57.2 Å². The smallest absolute Gasteiger partial charge is 0.324 e. The second-order valence-corrected chi connectivity index (χ2v) is 8.92. The third kappa shape index (κ3) is 6.56. The molecule has 0 spiro atoms. The molecule has 156 valence electrons. The molecule has 2 N–H and O–H groups in total. The first-order valence-electron chi connectivity index (χ1n) is 8.90. The van der Waals surface area contributed by atoms with Crippen molar-refractivity contribution in [1.82, 2.24) is 4.72 Å². The first kappa shape index (κ1) is 22.9. The van der Waals surface area contributed by atoms with Gasteiger partial charge in [0.05, 0.1) is 4.90 Å². The van der Waals surface area contributed by atoms with Crippen LogP contribution < -0.4 is 10.0 Å². The third-order valence-corrected chi connectivity index (χ3v) is 5.77. The Labute approximate surface area is 175 Å². The second-order valence-electron chi connectivity index (χ2n) is 6.77. The van der Waals surface area contributed by atoms with Crippen molar-refractivity contribution in [2.24, 2.45) is 5.92 Å². The van der Waals surface area contributed by atoms with Gasteiger partial charge in [-0.25, -0.2) is 8.42 Å². The SMILES string of the molecule is Cc1ccc(Cl)cc1NC(=O)COC(=O)[C@H](NS(=O)(=O)c1ccccc1)C(C)C. The van der Waals surface area contributed by atoms with E-state index < -0.39 is 34.5 Å². The summed E-state index contributed by atoms with van der Waals surface area (Å²) in [6.45, 7) is 4.59. The number of sulfonamides is 1. The first-order chi connectivity index (χ1) is 13.6. The molecule has 7 nitrogen and oxygen atoms in total. The number of hydrogen-bond acceptors (Lipinski definition) is 5. The summed E-state index contributed by atoms with van der Waals surface area (Å²) in [5.74, 6) is -1.78. The number of carbonyl (C=O) groups excluding carboxylic acids is 2. The van der Waals surface area contributed by atoms with E-state index in [1.165, 1.54) is 12.1 Å². The van der Waals surface area contributed by atoms with Crippen molar-refractivity contribution in [2.45, 2.75) is 31.7 Å². The highest BCUT2D eigenvalue weighted by Crippen LogP contribution is 2.20. The van der Waals surface area contributed by atoms with E-state index in [-0.39, 0.29) is 10.8 Å². The number of halogens is 1. The van der Waals surface area contributed by atoms with Gasteiger partial charge >= 0.3 is 5.97 Å². The lowest BCUT2D eigenvalue weighted by Gasteiger charge is -2.20. The van der Waals surface area contributed by atoms with E-state index in [0.717, 1.165) is 5.56 Å². The summed E-state index contributed by atoms with van der Waals surface area (Å²) in [4.78, 5) is 24.6. The summed E-state index contributed by atoms with van der Waals surface area (Å²) in [5.41, 5.74) is 1.30. The van der Waals surface area contributed by atoms with E-state index in [0.29, 0.717) is 10.7 Å². The van der Waals surface area contributed by atoms with E-state index >= 15 is 0 Å². The maximum Gasteiger partial charge on any atom is 0.324 e. The van der Waals surface area contributed by atoms with Gasteiger partial charge in [0.1, 0.15) is 6.04 Å². The van der Waals surface area contributed by atoms with E-state index in [1.807, 2.05) is 0 Å². The predicted molar refractivity (Wildman–Crippen MR) is 111 cm³/mol. The normalized spacial score (nSPS) is 12.4. The average Bonchev–Trinajstić information content (AvgIpc) is 2.67. The van der Waals surface area contributed by atoms with Gasteiger partial charge in [-0.05, 0) is 42.7 Å². The summed E-state index contributed by atoms with van der Waals surface area (Å²) in [6, 6.07) is 11.6. The molecule has 29 heavy (non-hydrogen) atoms. The Morgan fingerprint density at radius 3 is 2.38 bits per heavy atom. The molecule has 0 aromatic heterocycles. The van der Waals surface area contributed by atoms with Crippen LogP contribution in [-0.2, 0) is 24.3 Å². The van der Waals surface area contributed by atoms with Crippen LogP contribution in [0.25, 0.3) is 0 Å². The van der Waals surface area contributed by atoms with Crippen LogP contribution in [0.1, 0.15) is 19.4 Å². The maximum absolute atomic E-state index is 12.5. The Morgan fingerprint density at radius 1 is 1.10 bits per heavy atom. The molecule has 0 aliphatic heterocycles. The summed E-state index contributed by atoms with van der Waals surface area (Å²) in [5, 5.41) is 3.07. The zero-order valence-electron chi connectivity index (χ0n) is 16.3. The number of carbonyl (C=O) groups is 2. The van der Waals surface area contributed by atoms with E-state index in [9.17, 15) is 18.0 Å². The minimum atomic E-state index is -3.91. The molecule has 9 heteroatoms. The van der Waals surface area contributed by atoms with Crippen LogP contribution in [0.4, 0.5) is 5.69 Å². The lowest BCUT2D eigenvalue weighted by atomic mass is 10.1. The highest BCUT2D eigenvalue weighted by Gasteiger charge is 2.30. The second kappa shape index (κ2) is 9.87.